The van der Waals surface area contributed by atoms with Gasteiger partial charge in [0.25, 0.3) is 0 Å². The molecule has 1 saturated heterocycles. The molecule has 9 nitrogen and oxygen atoms in total. The van der Waals surface area contributed by atoms with Crippen molar-refractivity contribution in [2.45, 2.75) is 19.9 Å². The van der Waals surface area contributed by atoms with Crippen molar-refractivity contribution < 1.29 is 4.74 Å². The van der Waals surface area contributed by atoms with Crippen molar-refractivity contribution in [1.82, 2.24) is 34.5 Å². The molecule has 1 aliphatic rings. The molecule has 0 aliphatic carbocycles. The van der Waals surface area contributed by atoms with Gasteiger partial charge in [-0.25, -0.2) is 4.98 Å². The van der Waals surface area contributed by atoms with E-state index in [1.807, 2.05) is 19.1 Å². The van der Waals surface area contributed by atoms with Gasteiger partial charge in [-0.3, -0.25) is 5.10 Å². The summed E-state index contributed by atoms with van der Waals surface area (Å²) < 4.78 is 11.2. The average Bonchev–Trinajstić information content (AvgIpc) is 3.41. The lowest BCUT2D eigenvalue weighted by Crippen LogP contribution is -2.44. The van der Waals surface area contributed by atoms with Crippen molar-refractivity contribution in [3.05, 3.63) is 30.2 Å². The first-order chi connectivity index (χ1) is 13.2. The maximum atomic E-state index is 5.58. The van der Waals surface area contributed by atoms with E-state index in [4.69, 9.17) is 9.72 Å². The molecule has 0 bridgehead atoms. The smallest absolute Gasteiger partial charge is 0.132 e. The Morgan fingerprint density at radius 2 is 2.11 bits per heavy atom. The van der Waals surface area contributed by atoms with Crippen LogP contribution in [0, 0.1) is 6.92 Å². The molecule has 1 N–H and O–H groups in total. The maximum Gasteiger partial charge on any atom is 0.132 e. The van der Waals surface area contributed by atoms with E-state index in [1.54, 1.807) is 17.2 Å². The summed E-state index contributed by atoms with van der Waals surface area (Å²) in [4.78, 5) is 8.85. The van der Waals surface area contributed by atoms with Crippen LogP contribution < -0.4 is 4.90 Å². The van der Waals surface area contributed by atoms with Gasteiger partial charge in [-0.2, -0.15) is 19.7 Å². The second-order valence-electron chi connectivity index (χ2n) is 6.57. The fraction of sp³-hybridized carbons (Fsp3) is 0.353. The lowest BCUT2D eigenvalue weighted by molar-refractivity contribution is 0.0985. The fourth-order valence-electron chi connectivity index (χ4n) is 3.31. The molecular formula is C17H18N8OS. The number of nitrogens with zero attached hydrogens (tertiary/aromatic N) is 7. The molecule has 10 heteroatoms. The van der Waals surface area contributed by atoms with Crippen LogP contribution in [0.25, 0.3) is 27.3 Å². The largest absolute Gasteiger partial charge is 0.377 e. The number of H-pyrrole nitrogens is 1. The van der Waals surface area contributed by atoms with Crippen molar-refractivity contribution >= 4 is 27.6 Å². The van der Waals surface area contributed by atoms with E-state index in [0.717, 1.165) is 45.3 Å². The highest BCUT2D eigenvalue weighted by Crippen LogP contribution is 2.35. The molecule has 0 radical (unpaired) electrons. The summed E-state index contributed by atoms with van der Waals surface area (Å²) in [5, 5.41) is 15.9. The van der Waals surface area contributed by atoms with Gasteiger partial charge in [0.15, 0.2) is 0 Å². The highest BCUT2D eigenvalue weighted by Gasteiger charge is 2.24. The number of anilines is 1. The number of pyridine rings is 1. The molecular weight excluding hydrogens is 364 g/mol. The second-order valence-corrected chi connectivity index (χ2v) is 7.34. The number of hydrogen-bond donors (Lipinski definition) is 1. The third-order valence-corrected chi connectivity index (χ3v) is 5.51. The summed E-state index contributed by atoms with van der Waals surface area (Å²) in [6.45, 7) is 6.25. The predicted molar refractivity (Wildman–Crippen MR) is 102 cm³/mol. The first kappa shape index (κ1) is 16.3. The molecule has 1 fully saturated rings. The molecule has 0 saturated carbocycles. The molecule has 5 rings (SSSR count). The summed E-state index contributed by atoms with van der Waals surface area (Å²) >= 11 is 1.39. The lowest BCUT2D eigenvalue weighted by atomic mass is 10.2. The molecule has 5 heterocycles. The maximum absolute atomic E-state index is 5.58. The monoisotopic (exact) mass is 382 g/mol. The van der Waals surface area contributed by atoms with Crippen LogP contribution in [0.15, 0.2) is 24.5 Å². The first-order valence-corrected chi connectivity index (χ1v) is 9.52. The van der Waals surface area contributed by atoms with Crippen LogP contribution in [-0.2, 0) is 4.74 Å². The van der Waals surface area contributed by atoms with Crippen molar-refractivity contribution in [1.29, 1.82) is 0 Å². The zero-order chi connectivity index (χ0) is 18.4. The van der Waals surface area contributed by atoms with E-state index in [1.165, 1.54) is 11.5 Å². The van der Waals surface area contributed by atoms with Crippen LogP contribution in [0.5, 0.6) is 0 Å². The quantitative estimate of drug-likeness (QED) is 0.580. The van der Waals surface area contributed by atoms with Crippen LogP contribution in [0.2, 0.25) is 0 Å². The van der Waals surface area contributed by atoms with E-state index >= 15 is 0 Å². The number of nitrogens with one attached hydrogen (secondary N) is 1. The molecule has 27 heavy (non-hydrogen) atoms. The van der Waals surface area contributed by atoms with E-state index in [2.05, 4.69) is 36.6 Å². The van der Waals surface area contributed by atoms with Crippen molar-refractivity contribution in [2.75, 3.05) is 24.7 Å². The van der Waals surface area contributed by atoms with E-state index in [-0.39, 0.29) is 6.04 Å². The molecule has 0 unspecified atom stereocenters. The van der Waals surface area contributed by atoms with Crippen molar-refractivity contribution in [2.24, 2.45) is 0 Å². The molecule has 1 atom stereocenters. The summed E-state index contributed by atoms with van der Waals surface area (Å²) in [7, 11) is 0. The number of fused-ring (bicyclic) bond motifs is 1. The number of ether oxygens (including phenoxy) is 1. The molecule has 4 aromatic heterocycles. The highest BCUT2D eigenvalue weighted by atomic mass is 32.1. The van der Waals surface area contributed by atoms with Gasteiger partial charge < -0.3 is 9.64 Å². The van der Waals surface area contributed by atoms with Gasteiger partial charge in [-0.1, -0.05) is 0 Å². The van der Waals surface area contributed by atoms with E-state index in [0.29, 0.717) is 13.2 Å². The predicted octanol–water partition coefficient (Wildman–Crippen LogP) is 2.20. The zero-order valence-corrected chi connectivity index (χ0v) is 15.8. The minimum absolute atomic E-state index is 0.242. The topological polar surface area (TPSA) is 97.6 Å². The first-order valence-electron chi connectivity index (χ1n) is 8.74. The lowest BCUT2D eigenvalue weighted by Gasteiger charge is -2.34. The molecule has 0 amide bonds. The third kappa shape index (κ3) is 2.77. The number of hydrogen-bond acceptors (Lipinski definition) is 8. The SMILES string of the molecule is Cc1cc(-c2nsc3c(-n4nccn4)cc(N4CCOC[C@H]4C)nc23)[nH]n1. The average molecular weight is 382 g/mol. The standard InChI is InChI=1S/C17H18N8OS/c1-10-7-12(22-21-10)15-16-17(27-23-15)13(25-18-3-4-19-25)8-14(20-16)24-5-6-26-9-11(24)2/h3-4,7-8,11H,5-6,9H2,1-2H3,(H,21,22)/t11-/m1/s1. The van der Waals surface area contributed by atoms with E-state index in [9.17, 15) is 0 Å². The summed E-state index contributed by atoms with van der Waals surface area (Å²) in [5.41, 5.74) is 4.27. The summed E-state index contributed by atoms with van der Waals surface area (Å²) in [6.07, 6.45) is 3.34. The van der Waals surface area contributed by atoms with Crippen LogP contribution in [0.4, 0.5) is 5.82 Å². The molecule has 0 aromatic carbocycles. The Kier molecular flexibility index (Phi) is 3.87. The normalized spacial score (nSPS) is 17.7. The van der Waals surface area contributed by atoms with Gasteiger partial charge >= 0.3 is 0 Å². The summed E-state index contributed by atoms with van der Waals surface area (Å²) in [6, 6.07) is 4.25. The Morgan fingerprint density at radius 3 is 2.85 bits per heavy atom. The van der Waals surface area contributed by atoms with Gasteiger partial charge in [-0.15, -0.1) is 4.80 Å². The van der Waals surface area contributed by atoms with E-state index < -0.39 is 0 Å². The minimum Gasteiger partial charge on any atom is -0.377 e. The fourth-order valence-corrected chi connectivity index (χ4v) is 4.15. The molecule has 1 aliphatic heterocycles. The Labute approximate surface area is 159 Å². The molecule has 138 valence electrons. The molecule has 0 spiro atoms. The Balaban J connectivity index is 1.73. The van der Waals surface area contributed by atoms with Gasteiger partial charge in [0.05, 0.1) is 43.0 Å². The number of aryl methyl sites for hydroxylation is 1. The van der Waals surface area contributed by atoms with Crippen molar-refractivity contribution in [3.63, 3.8) is 0 Å². The van der Waals surface area contributed by atoms with Gasteiger partial charge in [0.2, 0.25) is 0 Å². The summed E-state index contributed by atoms with van der Waals surface area (Å²) in [5.74, 6) is 0.878. The minimum atomic E-state index is 0.242. The molecule has 4 aromatic rings. The number of rotatable bonds is 3. The van der Waals surface area contributed by atoms with Gasteiger partial charge in [0, 0.05) is 12.6 Å². The van der Waals surface area contributed by atoms with Crippen LogP contribution >= 0.6 is 11.5 Å². The highest BCUT2D eigenvalue weighted by molar-refractivity contribution is 7.14. The van der Waals surface area contributed by atoms with Gasteiger partial charge in [-0.05, 0) is 31.4 Å². The number of morpholine rings is 1. The second kappa shape index (κ2) is 6.39. The van der Waals surface area contributed by atoms with Crippen molar-refractivity contribution in [3.8, 4) is 17.1 Å². The van der Waals surface area contributed by atoms with Crippen LogP contribution in [0.3, 0.4) is 0 Å². The number of aromatic nitrogens is 7. The Bertz CT molecular complexity index is 1090. The Morgan fingerprint density at radius 1 is 1.26 bits per heavy atom. The Hall–Kier alpha value is -2.85. The number of aromatic amines is 1. The van der Waals surface area contributed by atoms with Crippen LogP contribution in [0.1, 0.15) is 12.6 Å². The van der Waals surface area contributed by atoms with Gasteiger partial charge in [0.1, 0.15) is 27.4 Å². The zero-order valence-electron chi connectivity index (χ0n) is 15.0. The van der Waals surface area contributed by atoms with Crippen LogP contribution in [-0.4, -0.2) is 60.3 Å². The third-order valence-electron chi connectivity index (χ3n) is 4.65.